The van der Waals surface area contributed by atoms with Gasteiger partial charge in [0.2, 0.25) is 11.8 Å². The standard InChI is InChI=1S/C16H20F2N2O/c17-16(18)7-5-10(6-8-16)15(21)20-14-12-4-2-1-3-11(12)9-13(14)19/h1-4,10,13-14H,5-9,19H2,(H,20,21). The summed E-state index contributed by atoms with van der Waals surface area (Å²) >= 11 is 0. The highest BCUT2D eigenvalue weighted by Gasteiger charge is 2.39. The molecule has 1 saturated carbocycles. The molecule has 21 heavy (non-hydrogen) atoms. The summed E-state index contributed by atoms with van der Waals surface area (Å²) in [4.78, 5) is 12.3. The topological polar surface area (TPSA) is 55.1 Å². The Morgan fingerprint density at radius 1 is 1.24 bits per heavy atom. The lowest BCUT2D eigenvalue weighted by atomic mass is 9.86. The van der Waals surface area contributed by atoms with Crippen molar-refractivity contribution in [3.05, 3.63) is 35.4 Å². The van der Waals surface area contributed by atoms with Crippen molar-refractivity contribution in [3.8, 4) is 0 Å². The van der Waals surface area contributed by atoms with Crippen LogP contribution in [0.4, 0.5) is 8.78 Å². The number of carbonyl (C=O) groups is 1. The molecule has 0 radical (unpaired) electrons. The quantitative estimate of drug-likeness (QED) is 0.880. The van der Waals surface area contributed by atoms with Gasteiger partial charge in [-0.1, -0.05) is 24.3 Å². The van der Waals surface area contributed by atoms with Gasteiger partial charge < -0.3 is 11.1 Å². The Labute approximate surface area is 122 Å². The molecule has 2 aliphatic rings. The number of nitrogens with two attached hydrogens (primary N) is 1. The summed E-state index contributed by atoms with van der Waals surface area (Å²) in [5.41, 5.74) is 8.33. The summed E-state index contributed by atoms with van der Waals surface area (Å²) in [6, 6.07) is 7.54. The molecule has 2 unspecified atom stereocenters. The van der Waals surface area contributed by atoms with Crippen molar-refractivity contribution in [1.82, 2.24) is 5.32 Å². The number of hydrogen-bond donors (Lipinski definition) is 2. The number of benzene rings is 1. The normalized spacial score (nSPS) is 28.1. The largest absolute Gasteiger partial charge is 0.347 e. The van der Waals surface area contributed by atoms with Gasteiger partial charge in [0.05, 0.1) is 6.04 Å². The van der Waals surface area contributed by atoms with Crippen LogP contribution in [0.3, 0.4) is 0 Å². The van der Waals surface area contributed by atoms with Crippen LogP contribution in [0, 0.1) is 5.92 Å². The van der Waals surface area contributed by atoms with E-state index in [0.717, 1.165) is 17.5 Å². The average Bonchev–Trinajstić information content (AvgIpc) is 2.75. The second-order valence-electron chi connectivity index (χ2n) is 6.18. The maximum absolute atomic E-state index is 13.2. The number of rotatable bonds is 2. The van der Waals surface area contributed by atoms with Gasteiger partial charge in [-0.05, 0) is 30.4 Å². The highest BCUT2D eigenvalue weighted by Crippen LogP contribution is 2.37. The van der Waals surface area contributed by atoms with Gasteiger partial charge in [-0.15, -0.1) is 0 Å². The highest BCUT2D eigenvalue weighted by molar-refractivity contribution is 5.79. The number of fused-ring (bicyclic) bond motifs is 1. The first kappa shape index (κ1) is 14.4. The van der Waals surface area contributed by atoms with Crippen LogP contribution in [0.5, 0.6) is 0 Å². The van der Waals surface area contributed by atoms with Crippen LogP contribution >= 0.6 is 0 Å². The van der Waals surface area contributed by atoms with E-state index in [1.807, 2.05) is 24.3 Å². The fourth-order valence-electron chi connectivity index (χ4n) is 3.38. The lowest BCUT2D eigenvalue weighted by molar-refractivity contribution is -0.130. The first-order chi connectivity index (χ1) is 9.96. The third-order valence-corrected chi connectivity index (χ3v) is 4.66. The molecular formula is C16H20F2N2O. The second kappa shape index (κ2) is 5.37. The molecule has 3 nitrogen and oxygen atoms in total. The van der Waals surface area contributed by atoms with Crippen molar-refractivity contribution in [1.29, 1.82) is 0 Å². The van der Waals surface area contributed by atoms with Gasteiger partial charge in [0.1, 0.15) is 0 Å². The van der Waals surface area contributed by atoms with Crippen molar-refractivity contribution in [3.63, 3.8) is 0 Å². The first-order valence-corrected chi connectivity index (χ1v) is 7.48. The molecule has 0 bridgehead atoms. The molecule has 0 spiro atoms. The number of amides is 1. The Morgan fingerprint density at radius 3 is 2.62 bits per heavy atom. The predicted molar refractivity (Wildman–Crippen MR) is 75.9 cm³/mol. The number of alkyl halides is 2. The minimum absolute atomic E-state index is 0.136. The van der Waals surface area contributed by atoms with Crippen molar-refractivity contribution < 1.29 is 13.6 Å². The Kier molecular flexibility index (Phi) is 3.69. The molecule has 0 saturated heterocycles. The van der Waals surface area contributed by atoms with Gasteiger partial charge in [-0.3, -0.25) is 4.79 Å². The van der Waals surface area contributed by atoms with E-state index in [0.29, 0.717) is 0 Å². The molecule has 114 valence electrons. The zero-order valence-corrected chi connectivity index (χ0v) is 11.8. The van der Waals surface area contributed by atoms with Crippen LogP contribution in [0.2, 0.25) is 0 Å². The van der Waals surface area contributed by atoms with Crippen molar-refractivity contribution in [2.45, 2.75) is 50.1 Å². The van der Waals surface area contributed by atoms with E-state index in [9.17, 15) is 13.6 Å². The predicted octanol–water partition coefficient (Wildman–Crippen LogP) is 2.55. The monoisotopic (exact) mass is 294 g/mol. The molecule has 1 fully saturated rings. The summed E-state index contributed by atoms with van der Waals surface area (Å²) in [6.45, 7) is 0. The van der Waals surface area contributed by atoms with Crippen LogP contribution in [-0.2, 0) is 11.2 Å². The lowest BCUT2D eigenvalue weighted by Gasteiger charge is -2.29. The van der Waals surface area contributed by atoms with Gasteiger partial charge >= 0.3 is 0 Å². The van der Waals surface area contributed by atoms with Crippen molar-refractivity contribution in [2.75, 3.05) is 0 Å². The fraction of sp³-hybridized carbons (Fsp3) is 0.562. The number of carbonyl (C=O) groups excluding carboxylic acids is 1. The van der Waals surface area contributed by atoms with Crippen LogP contribution < -0.4 is 11.1 Å². The summed E-state index contributed by atoms with van der Waals surface area (Å²) < 4.78 is 26.3. The van der Waals surface area contributed by atoms with Crippen molar-refractivity contribution in [2.24, 2.45) is 11.7 Å². The van der Waals surface area contributed by atoms with Crippen LogP contribution in [0.15, 0.2) is 24.3 Å². The zero-order valence-electron chi connectivity index (χ0n) is 11.8. The summed E-state index contributed by atoms with van der Waals surface area (Å²) in [6.07, 6.45) is 0.853. The third-order valence-electron chi connectivity index (χ3n) is 4.66. The molecule has 0 aromatic heterocycles. The molecule has 0 heterocycles. The molecule has 2 aliphatic carbocycles. The fourth-order valence-corrected chi connectivity index (χ4v) is 3.38. The Balaban J connectivity index is 1.66. The molecule has 2 atom stereocenters. The smallest absolute Gasteiger partial charge is 0.248 e. The lowest BCUT2D eigenvalue weighted by Crippen LogP contribution is -2.42. The van der Waals surface area contributed by atoms with E-state index >= 15 is 0 Å². The Bertz CT molecular complexity index is 537. The van der Waals surface area contributed by atoms with E-state index in [2.05, 4.69) is 5.32 Å². The van der Waals surface area contributed by atoms with E-state index in [1.165, 1.54) is 0 Å². The highest BCUT2D eigenvalue weighted by atomic mass is 19.3. The molecule has 3 N–H and O–H groups in total. The SMILES string of the molecule is NC1Cc2ccccc2C1NC(=O)C1CCC(F)(F)CC1. The van der Waals surface area contributed by atoms with E-state index in [1.54, 1.807) is 0 Å². The molecule has 5 heteroatoms. The molecule has 1 aromatic rings. The molecule has 0 aliphatic heterocycles. The van der Waals surface area contributed by atoms with Gasteiger partial charge in [0, 0.05) is 24.8 Å². The minimum Gasteiger partial charge on any atom is -0.347 e. The number of halogens is 2. The molecule has 1 amide bonds. The maximum atomic E-state index is 13.2. The van der Waals surface area contributed by atoms with E-state index in [-0.39, 0.29) is 49.6 Å². The third kappa shape index (κ3) is 2.93. The maximum Gasteiger partial charge on any atom is 0.248 e. The zero-order chi connectivity index (χ0) is 15.0. The Morgan fingerprint density at radius 2 is 1.90 bits per heavy atom. The van der Waals surface area contributed by atoms with Gasteiger partial charge in [-0.2, -0.15) is 0 Å². The number of nitrogens with one attached hydrogen (secondary N) is 1. The summed E-state index contributed by atoms with van der Waals surface area (Å²) in [5.74, 6) is -3.06. The summed E-state index contributed by atoms with van der Waals surface area (Å²) in [7, 11) is 0. The van der Waals surface area contributed by atoms with Crippen LogP contribution in [-0.4, -0.2) is 17.9 Å². The second-order valence-corrected chi connectivity index (χ2v) is 6.18. The minimum atomic E-state index is -2.60. The molecular weight excluding hydrogens is 274 g/mol. The molecule has 3 rings (SSSR count). The van der Waals surface area contributed by atoms with Crippen LogP contribution in [0.1, 0.15) is 42.9 Å². The number of hydrogen-bond acceptors (Lipinski definition) is 2. The average molecular weight is 294 g/mol. The first-order valence-electron chi connectivity index (χ1n) is 7.48. The van der Waals surface area contributed by atoms with Gasteiger partial charge in [-0.25, -0.2) is 8.78 Å². The van der Waals surface area contributed by atoms with E-state index < -0.39 is 5.92 Å². The van der Waals surface area contributed by atoms with Gasteiger partial charge in [0.25, 0.3) is 0 Å². The summed E-state index contributed by atoms with van der Waals surface area (Å²) in [5, 5.41) is 2.97. The molecule has 1 aromatic carbocycles. The Hall–Kier alpha value is -1.49. The van der Waals surface area contributed by atoms with Gasteiger partial charge in [0.15, 0.2) is 0 Å². The van der Waals surface area contributed by atoms with Crippen molar-refractivity contribution >= 4 is 5.91 Å². The van der Waals surface area contributed by atoms with E-state index in [4.69, 9.17) is 5.73 Å². The van der Waals surface area contributed by atoms with Crippen LogP contribution in [0.25, 0.3) is 0 Å².